The first-order chi connectivity index (χ1) is 37.3. The number of piperidine rings is 2. The van der Waals surface area contributed by atoms with Crippen LogP contribution in [0.25, 0.3) is 0 Å². The van der Waals surface area contributed by atoms with E-state index in [0.29, 0.717) is 11.8 Å². The first-order valence-electron chi connectivity index (χ1n) is 29.3. The van der Waals surface area contributed by atoms with Crippen LogP contribution >= 0.6 is 0 Å². The summed E-state index contributed by atoms with van der Waals surface area (Å²) in [6.07, 6.45) is 19.0. The molecule has 2 aliphatic carbocycles. The van der Waals surface area contributed by atoms with Gasteiger partial charge in [-0.05, 0) is 98.5 Å². The van der Waals surface area contributed by atoms with E-state index in [1.54, 1.807) is 0 Å². The van der Waals surface area contributed by atoms with Gasteiger partial charge in [-0.2, -0.15) is 0 Å². The molecule has 0 bridgehead atoms. The van der Waals surface area contributed by atoms with E-state index >= 15 is 0 Å². The molecular formula is C66H102N2O8. The zero-order valence-electron chi connectivity index (χ0n) is 49.2. The first-order valence-corrected chi connectivity index (χ1v) is 29.3. The van der Waals surface area contributed by atoms with Gasteiger partial charge in [0, 0.05) is 12.1 Å². The van der Waals surface area contributed by atoms with Crippen LogP contribution in [0.4, 0.5) is 0 Å². The lowest BCUT2D eigenvalue weighted by molar-refractivity contribution is -0.145. The van der Waals surface area contributed by atoms with Crippen molar-refractivity contribution < 1.29 is 38.1 Å². The normalized spacial score (nSPS) is 18.4. The molecule has 2 saturated carbocycles. The van der Waals surface area contributed by atoms with E-state index in [-0.39, 0.29) is 59.6 Å². The van der Waals surface area contributed by atoms with E-state index in [0.717, 1.165) is 73.9 Å². The lowest BCUT2D eigenvalue weighted by Gasteiger charge is -2.29. The fraction of sp³-hybridized carbons (Fsp3) is 0.576. The van der Waals surface area contributed by atoms with Crippen molar-refractivity contribution >= 4 is 23.9 Å². The van der Waals surface area contributed by atoms with E-state index in [4.69, 9.17) is 18.9 Å². The van der Waals surface area contributed by atoms with Crippen LogP contribution in [0.2, 0.25) is 0 Å². The van der Waals surface area contributed by atoms with Crippen molar-refractivity contribution in [3.63, 3.8) is 0 Å². The molecule has 0 amide bonds. The molecule has 4 fully saturated rings. The highest BCUT2D eigenvalue weighted by Crippen LogP contribution is 2.38. The minimum atomic E-state index is -0.179. The highest BCUT2D eigenvalue weighted by molar-refractivity contribution is 5.80. The number of esters is 4. The van der Waals surface area contributed by atoms with E-state index < -0.39 is 0 Å². The van der Waals surface area contributed by atoms with Gasteiger partial charge in [0.15, 0.2) is 0 Å². The molecule has 10 nitrogen and oxygen atoms in total. The summed E-state index contributed by atoms with van der Waals surface area (Å²) < 4.78 is 19.8. The van der Waals surface area contributed by atoms with Crippen molar-refractivity contribution in [3.8, 4) is 0 Å². The van der Waals surface area contributed by atoms with Crippen LogP contribution in [-0.4, -0.2) is 77.5 Å². The molecule has 0 aromatic heterocycles. The molecule has 76 heavy (non-hydrogen) atoms. The fourth-order valence-corrected chi connectivity index (χ4v) is 10.7. The zero-order valence-corrected chi connectivity index (χ0v) is 49.2. The summed E-state index contributed by atoms with van der Waals surface area (Å²) in [5.41, 5.74) is 4.29. The largest absolute Gasteiger partial charge is 0.469 e. The maximum Gasteiger partial charge on any atom is 0.314 e. The number of carbonyl (C=O) groups excluding carboxylic acids is 4. The van der Waals surface area contributed by atoms with Crippen LogP contribution in [0.3, 0.4) is 0 Å². The van der Waals surface area contributed by atoms with Gasteiger partial charge in [0.1, 0.15) is 0 Å². The summed E-state index contributed by atoms with van der Waals surface area (Å²) in [5, 5.41) is 6.86. The van der Waals surface area contributed by atoms with Crippen molar-refractivity contribution in [3.05, 3.63) is 144 Å². The quantitative estimate of drug-likeness (QED) is 0.104. The van der Waals surface area contributed by atoms with Crippen molar-refractivity contribution in [2.75, 3.05) is 41.5 Å². The third-order valence-electron chi connectivity index (χ3n) is 14.2. The van der Waals surface area contributed by atoms with Gasteiger partial charge in [0.25, 0.3) is 0 Å². The van der Waals surface area contributed by atoms with Crippen LogP contribution in [0.5, 0.6) is 0 Å². The van der Waals surface area contributed by atoms with E-state index in [1.165, 1.54) is 92.6 Å². The molecule has 10 heteroatoms. The second-order valence-electron chi connectivity index (χ2n) is 18.6. The zero-order chi connectivity index (χ0) is 56.4. The third kappa shape index (κ3) is 23.9. The summed E-state index contributed by atoms with van der Waals surface area (Å²) >= 11 is 0. The van der Waals surface area contributed by atoms with Gasteiger partial charge in [-0.3, -0.25) is 19.2 Å². The second-order valence-corrected chi connectivity index (χ2v) is 18.6. The van der Waals surface area contributed by atoms with E-state index in [9.17, 15) is 19.2 Å². The second kappa shape index (κ2) is 43.7. The molecule has 4 aliphatic rings. The van der Waals surface area contributed by atoms with Gasteiger partial charge in [0.05, 0.1) is 52.1 Å². The van der Waals surface area contributed by atoms with Crippen LogP contribution in [-0.2, 0) is 38.1 Å². The maximum absolute atomic E-state index is 12.0. The molecule has 2 saturated heterocycles. The summed E-state index contributed by atoms with van der Waals surface area (Å²) in [5.74, 6) is -0.0272. The lowest BCUT2D eigenvalue weighted by atomic mass is 9.77. The topological polar surface area (TPSA) is 129 Å². The standard InChI is InChI=1S/2C15H20O2.2C14H19NO2.4C2H6/c2*1-17-15(16)14(12-8-4-2-5-9-12)13-10-6-3-7-11-13;2*1-17-14(16)13(11-7-3-2-4-8-11)12-9-5-6-10-15-12;4*1-2/h2*2,4-5,8-9,13-14H,3,6-7,10-11H2,1H3;2*2-4,7-8,12-13,15H,5-6,9-10H2,1H3;4*1-2H3/t2*14-;12-,13+;12-,13-;;;;/m1011..../s1. The van der Waals surface area contributed by atoms with Gasteiger partial charge >= 0.3 is 23.9 Å². The molecule has 0 spiro atoms. The molecule has 2 N–H and O–H groups in total. The summed E-state index contributed by atoms with van der Waals surface area (Å²) in [7, 11) is 5.89. The van der Waals surface area contributed by atoms with E-state index in [1.807, 2.05) is 177 Å². The average molecular weight is 1050 g/mol. The smallest absolute Gasteiger partial charge is 0.314 e. The number of benzene rings is 4. The van der Waals surface area contributed by atoms with Crippen LogP contribution in [0.1, 0.15) is 204 Å². The number of ether oxygens (including phenoxy) is 4. The minimum absolute atomic E-state index is 0.0681. The van der Waals surface area contributed by atoms with E-state index in [2.05, 4.69) is 10.6 Å². The first kappa shape index (κ1) is 68.7. The van der Waals surface area contributed by atoms with Crippen molar-refractivity contribution in [1.29, 1.82) is 0 Å². The Morgan fingerprint density at radius 1 is 0.329 bits per heavy atom. The van der Waals surface area contributed by atoms with Crippen LogP contribution in [0.15, 0.2) is 121 Å². The Morgan fingerprint density at radius 2 is 0.553 bits per heavy atom. The van der Waals surface area contributed by atoms with Gasteiger partial charge in [0.2, 0.25) is 0 Å². The Kier molecular flexibility index (Phi) is 39.5. The summed E-state index contributed by atoms with van der Waals surface area (Å²) in [6, 6.07) is 40.3. The molecule has 6 atom stereocenters. The number of nitrogens with one attached hydrogen (secondary N) is 2. The van der Waals surface area contributed by atoms with Crippen molar-refractivity contribution in [1.82, 2.24) is 10.6 Å². The Balaban J connectivity index is 0.000000484. The third-order valence-corrected chi connectivity index (χ3v) is 14.2. The molecule has 4 aromatic carbocycles. The van der Waals surface area contributed by atoms with Gasteiger partial charge in [-0.1, -0.05) is 228 Å². The number of carbonyl (C=O) groups is 4. The number of methoxy groups -OCH3 is 4. The molecule has 424 valence electrons. The molecule has 2 heterocycles. The van der Waals surface area contributed by atoms with Crippen LogP contribution in [0, 0.1) is 11.8 Å². The van der Waals surface area contributed by atoms with Crippen molar-refractivity contribution in [2.24, 2.45) is 11.8 Å². The molecule has 4 aromatic rings. The highest BCUT2D eigenvalue weighted by atomic mass is 16.5. The summed E-state index contributed by atoms with van der Waals surface area (Å²) in [4.78, 5) is 47.9. The Morgan fingerprint density at radius 3 is 0.776 bits per heavy atom. The number of rotatable bonds is 12. The fourth-order valence-electron chi connectivity index (χ4n) is 10.7. The SMILES string of the molecule is CC.CC.CC.CC.COC(=O)[C@@H](c1ccccc1)C1CCCCC1.COC(=O)[C@@H](c1ccccc1)[C@H]1CCCCN1.COC(=O)[C@H](c1ccccc1)C1CCCCC1.COC(=O)[C@H](c1ccccc1)[C@H]1CCCCN1. The monoisotopic (exact) mass is 1050 g/mol. The Labute approximate surface area is 461 Å². The van der Waals surface area contributed by atoms with Gasteiger partial charge in [-0.25, -0.2) is 0 Å². The molecule has 0 radical (unpaired) electrons. The van der Waals surface area contributed by atoms with Gasteiger partial charge in [-0.15, -0.1) is 0 Å². The predicted molar refractivity (Wildman–Crippen MR) is 315 cm³/mol. The van der Waals surface area contributed by atoms with Crippen LogP contribution < -0.4 is 10.6 Å². The lowest BCUT2D eigenvalue weighted by Crippen LogP contribution is -2.42. The van der Waals surface area contributed by atoms with Gasteiger partial charge < -0.3 is 29.6 Å². The molecule has 0 unspecified atom stereocenters. The highest BCUT2D eigenvalue weighted by Gasteiger charge is 2.34. The molecule has 8 rings (SSSR count). The summed E-state index contributed by atoms with van der Waals surface area (Å²) in [6.45, 7) is 18.0. The number of hydrogen-bond acceptors (Lipinski definition) is 10. The minimum Gasteiger partial charge on any atom is -0.469 e. The predicted octanol–water partition coefficient (Wildman–Crippen LogP) is 15.3. The maximum atomic E-state index is 12.0. The molecular weight excluding hydrogens is 949 g/mol. The molecule has 2 aliphatic heterocycles. The Bertz CT molecular complexity index is 1720. The number of hydrogen-bond donors (Lipinski definition) is 2. The van der Waals surface area contributed by atoms with Crippen molar-refractivity contribution in [2.45, 2.75) is 194 Å². The average Bonchev–Trinajstić information content (AvgIpc) is 3.52. The Hall–Kier alpha value is -5.32.